The molecule has 0 saturated heterocycles. The highest BCUT2D eigenvalue weighted by Crippen LogP contribution is 2.24. The van der Waals surface area contributed by atoms with Crippen molar-refractivity contribution in [1.82, 2.24) is 0 Å². The van der Waals surface area contributed by atoms with Crippen molar-refractivity contribution < 1.29 is 24.9 Å². The third-order valence-electron chi connectivity index (χ3n) is 2.08. The van der Waals surface area contributed by atoms with Crippen LogP contribution in [0.4, 0.5) is 0 Å². The standard InChI is InChI=1S/C9H12O5/c1-14-7-4-5(2-3-6(7)10)8(11)9(12)13/h3-5,8,10-11H,2H2,1H3,(H,12,13). The van der Waals surface area contributed by atoms with Gasteiger partial charge in [-0.05, 0) is 18.6 Å². The number of aliphatic carboxylic acids is 1. The Morgan fingerprint density at radius 2 is 2.36 bits per heavy atom. The van der Waals surface area contributed by atoms with Gasteiger partial charge in [-0.15, -0.1) is 0 Å². The van der Waals surface area contributed by atoms with Gasteiger partial charge in [0.1, 0.15) is 0 Å². The Bertz CT molecular complexity index is 292. The van der Waals surface area contributed by atoms with Crippen LogP contribution in [0.15, 0.2) is 23.7 Å². The predicted octanol–water partition coefficient (Wildman–Crippen LogP) is 0.424. The molecular formula is C9H12O5. The zero-order valence-electron chi connectivity index (χ0n) is 7.67. The first kappa shape index (κ1) is 10.6. The molecule has 5 nitrogen and oxygen atoms in total. The van der Waals surface area contributed by atoms with Gasteiger partial charge in [-0.25, -0.2) is 4.79 Å². The van der Waals surface area contributed by atoms with Crippen LogP contribution < -0.4 is 0 Å². The van der Waals surface area contributed by atoms with E-state index in [1.54, 1.807) is 0 Å². The van der Waals surface area contributed by atoms with Crippen molar-refractivity contribution in [2.45, 2.75) is 12.5 Å². The van der Waals surface area contributed by atoms with Crippen LogP contribution in [0.2, 0.25) is 0 Å². The average molecular weight is 200 g/mol. The maximum atomic E-state index is 10.5. The third kappa shape index (κ3) is 2.05. The molecule has 0 amide bonds. The van der Waals surface area contributed by atoms with Crippen LogP contribution in [-0.2, 0) is 9.53 Å². The molecule has 14 heavy (non-hydrogen) atoms. The zero-order chi connectivity index (χ0) is 10.7. The lowest BCUT2D eigenvalue weighted by Gasteiger charge is -2.20. The third-order valence-corrected chi connectivity index (χ3v) is 2.08. The molecule has 0 aromatic carbocycles. The summed E-state index contributed by atoms with van der Waals surface area (Å²) < 4.78 is 4.80. The zero-order valence-corrected chi connectivity index (χ0v) is 7.67. The van der Waals surface area contributed by atoms with Gasteiger partial charge in [-0.3, -0.25) is 0 Å². The molecule has 0 aromatic rings. The van der Waals surface area contributed by atoms with Crippen LogP contribution in [-0.4, -0.2) is 34.5 Å². The first-order valence-electron chi connectivity index (χ1n) is 4.12. The highest BCUT2D eigenvalue weighted by Gasteiger charge is 2.27. The van der Waals surface area contributed by atoms with Gasteiger partial charge in [0.2, 0.25) is 0 Å². The fourth-order valence-corrected chi connectivity index (χ4v) is 1.27. The molecule has 78 valence electrons. The van der Waals surface area contributed by atoms with Gasteiger partial charge in [0.15, 0.2) is 17.6 Å². The van der Waals surface area contributed by atoms with Gasteiger partial charge in [-0.1, -0.05) is 0 Å². The number of aliphatic hydroxyl groups is 2. The SMILES string of the molecule is COC1=CC(C(O)C(=O)O)CC=C1O. The summed E-state index contributed by atoms with van der Waals surface area (Å²) in [5.41, 5.74) is 0. The van der Waals surface area contributed by atoms with E-state index in [1.165, 1.54) is 19.3 Å². The molecule has 1 rings (SSSR count). The van der Waals surface area contributed by atoms with E-state index in [0.29, 0.717) is 0 Å². The number of ether oxygens (including phenoxy) is 1. The molecule has 1 aliphatic rings. The van der Waals surface area contributed by atoms with Crippen molar-refractivity contribution in [2.75, 3.05) is 7.11 Å². The average Bonchev–Trinajstić information content (AvgIpc) is 2.17. The molecule has 0 heterocycles. The number of methoxy groups -OCH3 is 1. The fourth-order valence-electron chi connectivity index (χ4n) is 1.27. The van der Waals surface area contributed by atoms with Crippen LogP contribution in [0.1, 0.15) is 6.42 Å². The Kier molecular flexibility index (Phi) is 3.14. The summed E-state index contributed by atoms with van der Waals surface area (Å²) in [6.07, 6.45) is 1.65. The lowest BCUT2D eigenvalue weighted by atomic mass is 9.93. The van der Waals surface area contributed by atoms with Crippen LogP contribution in [0.25, 0.3) is 0 Å². The Morgan fingerprint density at radius 3 is 2.86 bits per heavy atom. The number of carboxylic acid groups (broad SMARTS) is 1. The Morgan fingerprint density at radius 1 is 1.71 bits per heavy atom. The van der Waals surface area contributed by atoms with Crippen molar-refractivity contribution in [2.24, 2.45) is 5.92 Å². The minimum absolute atomic E-state index is 0.0265. The summed E-state index contributed by atoms with van der Waals surface area (Å²) in [5, 5.41) is 27.0. The molecule has 0 bridgehead atoms. The lowest BCUT2D eigenvalue weighted by molar-refractivity contribution is -0.148. The van der Waals surface area contributed by atoms with Crippen molar-refractivity contribution >= 4 is 5.97 Å². The number of hydrogen-bond donors (Lipinski definition) is 3. The number of allylic oxidation sites excluding steroid dienone is 1. The van der Waals surface area contributed by atoms with E-state index < -0.39 is 18.0 Å². The topological polar surface area (TPSA) is 87.0 Å². The van der Waals surface area contributed by atoms with E-state index in [2.05, 4.69) is 0 Å². The predicted molar refractivity (Wildman–Crippen MR) is 47.6 cm³/mol. The lowest BCUT2D eigenvalue weighted by Crippen LogP contribution is -2.29. The Balaban J connectivity index is 2.78. The smallest absolute Gasteiger partial charge is 0.333 e. The van der Waals surface area contributed by atoms with Crippen LogP contribution in [0.5, 0.6) is 0 Å². The maximum absolute atomic E-state index is 10.5. The molecule has 3 N–H and O–H groups in total. The molecule has 0 spiro atoms. The van der Waals surface area contributed by atoms with E-state index in [-0.39, 0.29) is 17.9 Å². The maximum Gasteiger partial charge on any atom is 0.333 e. The number of aliphatic hydroxyl groups excluding tert-OH is 2. The molecule has 0 radical (unpaired) electrons. The van der Waals surface area contributed by atoms with Gasteiger partial charge in [-0.2, -0.15) is 0 Å². The summed E-state index contributed by atoms with van der Waals surface area (Å²) in [7, 11) is 1.37. The molecule has 2 atom stereocenters. The van der Waals surface area contributed by atoms with E-state index in [0.717, 1.165) is 0 Å². The number of carboxylic acids is 1. The van der Waals surface area contributed by atoms with Crippen LogP contribution in [0, 0.1) is 5.92 Å². The van der Waals surface area contributed by atoms with Gasteiger partial charge in [0.25, 0.3) is 0 Å². The Hall–Kier alpha value is -1.49. The van der Waals surface area contributed by atoms with Gasteiger partial charge >= 0.3 is 5.97 Å². The van der Waals surface area contributed by atoms with E-state index in [4.69, 9.17) is 9.84 Å². The molecule has 0 saturated carbocycles. The van der Waals surface area contributed by atoms with Crippen molar-refractivity contribution in [3.8, 4) is 0 Å². The number of hydrogen-bond acceptors (Lipinski definition) is 4. The second-order valence-corrected chi connectivity index (χ2v) is 3.01. The fraction of sp³-hybridized carbons (Fsp3) is 0.444. The Labute approximate surface area is 80.9 Å². The first-order valence-corrected chi connectivity index (χ1v) is 4.12. The normalized spacial score (nSPS) is 23.4. The highest BCUT2D eigenvalue weighted by atomic mass is 16.5. The minimum atomic E-state index is -1.47. The number of carbonyl (C=O) groups is 1. The first-order chi connectivity index (χ1) is 6.56. The van der Waals surface area contributed by atoms with Gasteiger partial charge in [0, 0.05) is 5.92 Å². The molecule has 2 unspecified atom stereocenters. The van der Waals surface area contributed by atoms with Gasteiger partial charge in [0.05, 0.1) is 7.11 Å². The van der Waals surface area contributed by atoms with E-state index in [1.807, 2.05) is 0 Å². The van der Waals surface area contributed by atoms with Crippen LogP contribution >= 0.6 is 0 Å². The molecule has 0 fully saturated rings. The molecule has 0 aromatic heterocycles. The summed E-state index contributed by atoms with van der Waals surface area (Å²) in [4.78, 5) is 10.5. The molecule has 1 aliphatic carbocycles. The monoisotopic (exact) mass is 200 g/mol. The summed E-state index contributed by atoms with van der Waals surface area (Å²) in [6.45, 7) is 0. The van der Waals surface area contributed by atoms with E-state index >= 15 is 0 Å². The van der Waals surface area contributed by atoms with E-state index in [9.17, 15) is 15.0 Å². The second-order valence-electron chi connectivity index (χ2n) is 3.01. The van der Waals surface area contributed by atoms with Crippen molar-refractivity contribution in [3.05, 3.63) is 23.7 Å². The van der Waals surface area contributed by atoms with Crippen molar-refractivity contribution in [3.63, 3.8) is 0 Å². The minimum Gasteiger partial charge on any atom is -0.504 e. The summed E-state index contributed by atoms with van der Waals surface area (Å²) in [6, 6.07) is 0. The molecule has 0 aliphatic heterocycles. The summed E-state index contributed by atoms with van der Waals surface area (Å²) in [5.74, 6) is -1.67. The highest BCUT2D eigenvalue weighted by molar-refractivity contribution is 5.72. The molecular weight excluding hydrogens is 188 g/mol. The van der Waals surface area contributed by atoms with Crippen LogP contribution in [0.3, 0.4) is 0 Å². The summed E-state index contributed by atoms with van der Waals surface area (Å²) >= 11 is 0. The quantitative estimate of drug-likeness (QED) is 0.614. The molecule has 5 heteroatoms. The van der Waals surface area contributed by atoms with Gasteiger partial charge < -0.3 is 20.1 Å². The second kappa shape index (κ2) is 4.15. The number of rotatable bonds is 3. The largest absolute Gasteiger partial charge is 0.504 e. The van der Waals surface area contributed by atoms with Crippen molar-refractivity contribution in [1.29, 1.82) is 0 Å².